The summed E-state index contributed by atoms with van der Waals surface area (Å²) in [6, 6.07) is 16.0. The summed E-state index contributed by atoms with van der Waals surface area (Å²) in [4.78, 5) is 12.3. The molecule has 0 atom stereocenters. The van der Waals surface area contributed by atoms with Crippen molar-refractivity contribution in [2.45, 2.75) is 20.3 Å². The van der Waals surface area contributed by atoms with Gasteiger partial charge in [-0.05, 0) is 43.0 Å². The number of anilines is 1. The first-order valence-electron chi connectivity index (χ1n) is 7.26. The molecule has 22 heavy (non-hydrogen) atoms. The van der Waals surface area contributed by atoms with E-state index in [1.807, 2.05) is 50.2 Å². The molecule has 0 aliphatic carbocycles. The molecular weight excluding hydrogens is 292 g/mol. The van der Waals surface area contributed by atoms with Crippen LogP contribution in [0.4, 0.5) is 5.69 Å². The second-order valence-corrected chi connectivity index (χ2v) is 5.67. The number of hydrogen-bond donors (Lipinski definition) is 2. The topological polar surface area (TPSA) is 41.1 Å². The molecule has 0 bridgehead atoms. The summed E-state index contributed by atoms with van der Waals surface area (Å²) in [5, 5.41) is 5.86. The van der Waals surface area contributed by atoms with Crippen LogP contribution in [0.3, 0.4) is 0 Å². The van der Waals surface area contributed by atoms with E-state index in [9.17, 15) is 4.79 Å². The van der Waals surface area contributed by atoms with Crippen molar-refractivity contribution in [3.63, 3.8) is 0 Å². The molecule has 114 valence electrons. The standard InChI is InChI=1S/C18H20N2OS/c1-13-8-9-14(2)16(12-13)20-17(21)18(22)19-11-10-15-6-4-3-5-7-15/h3-9,12H,10-11H2,1-2H3,(H,19,22)(H,20,21). The first-order valence-corrected chi connectivity index (χ1v) is 7.67. The van der Waals surface area contributed by atoms with Crippen LogP contribution in [-0.2, 0) is 11.2 Å². The molecule has 2 aromatic rings. The largest absolute Gasteiger partial charge is 0.371 e. The van der Waals surface area contributed by atoms with Gasteiger partial charge in [0.05, 0.1) is 0 Å². The molecule has 0 heterocycles. The molecule has 0 fully saturated rings. The lowest BCUT2D eigenvalue weighted by Gasteiger charge is -2.11. The Hall–Kier alpha value is -2.20. The van der Waals surface area contributed by atoms with E-state index in [0.717, 1.165) is 23.2 Å². The van der Waals surface area contributed by atoms with E-state index in [4.69, 9.17) is 12.2 Å². The fourth-order valence-electron chi connectivity index (χ4n) is 2.09. The first-order chi connectivity index (χ1) is 10.6. The summed E-state index contributed by atoms with van der Waals surface area (Å²) >= 11 is 5.14. The van der Waals surface area contributed by atoms with Crippen LogP contribution in [0.2, 0.25) is 0 Å². The zero-order valence-electron chi connectivity index (χ0n) is 12.8. The summed E-state index contributed by atoms with van der Waals surface area (Å²) in [5.41, 5.74) is 4.14. The predicted octanol–water partition coefficient (Wildman–Crippen LogP) is 3.40. The van der Waals surface area contributed by atoms with Gasteiger partial charge in [0, 0.05) is 12.2 Å². The molecule has 2 aromatic carbocycles. The summed E-state index contributed by atoms with van der Waals surface area (Å²) in [6.45, 7) is 4.59. The normalized spacial score (nSPS) is 10.1. The number of carbonyl (C=O) groups excluding carboxylic acids is 1. The number of rotatable bonds is 4. The van der Waals surface area contributed by atoms with Crippen molar-refractivity contribution in [2.24, 2.45) is 0 Å². The number of hydrogen-bond acceptors (Lipinski definition) is 2. The second-order valence-electron chi connectivity index (χ2n) is 5.26. The van der Waals surface area contributed by atoms with Crippen LogP contribution in [-0.4, -0.2) is 17.4 Å². The number of benzene rings is 2. The summed E-state index contributed by atoms with van der Waals surface area (Å²) in [6.07, 6.45) is 0.831. The maximum Gasteiger partial charge on any atom is 0.283 e. The monoisotopic (exact) mass is 312 g/mol. The Labute approximate surface area is 136 Å². The van der Waals surface area contributed by atoms with Crippen molar-refractivity contribution in [2.75, 3.05) is 11.9 Å². The summed E-state index contributed by atoms with van der Waals surface area (Å²) in [7, 11) is 0. The number of thiocarbonyl (C=S) groups is 1. The zero-order chi connectivity index (χ0) is 15.9. The van der Waals surface area contributed by atoms with Crippen molar-refractivity contribution < 1.29 is 4.79 Å². The van der Waals surface area contributed by atoms with Gasteiger partial charge in [-0.2, -0.15) is 0 Å². The van der Waals surface area contributed by atoms with Crippen LogP contribution in [0.5, 0.6) is 0 Å². The Morgan fingerprint density at radius 2 is 1.82 bits per heavy atom. The molecule has 0 saturated heterocycles. The Bertz CT molecular complexity index is 668. The van der Waals surface area contributed by atoms with Gasteiger partial charge < -0.3 is 10.6 Å². The van der Waals surface area contributed by atoms with Crippen molar-refractivity contribution in [3.05, 3.63) is 65.2 Å². The summed E-state index contributed by atoms with van der Waals surface area (Å²) in [5.74, 6) is -0.267. The van der Waals surface area contributed by atoms with E-state index in [1.54, 1.807) is 0 Å². The van der Waals surface area contributed by atoms with Gasteiger partial charge in [0.2, 0.25) is 0 Å². The van der Waals surface area contributed by atoms with Gasteiger partial charge >= 0.3 is 0 Å². The number of aryl methyl sites for hydroxylation is 2. The Morgan fingerprint density at radius 1 is 1.09 bits per heavy atom. The van der Waals surface area contributed by atoms with E-state index >= 15 is 0 Å². The van der Waals surface area contributed by atoms with Gasteiger partial charge in [0.15, 0.2) is 4.99 Å². The third kappa shape index (κ3) is 4.67. The zero-order valence-corrected chi connectivity index (χ0v) is 13.7. The quantitative estimate of drug-likeness (QED) is 0.850. The molecule has 4 heteroatoms. The van der Waals surface area contributed by atoms with E-state index < -0.39 is 0 Å². The van der Waals surface area contributed by atoms with Crippen molar-refractivity contribution >= 4 is 28.8 Å². The van der Waals surface area contributed by atoms with Crippen LogP contribution < -0.4 is 10.6 Å². The first kappa shape index (κ1) is 16.2. The lowest BCUT2D eigenvalue weighted by Crippen LogP contribution is -2.35. The number of amides is 1. The van der Waals surface area contributed by atoms with Crippen molar-refractivity contribution in [1.82, 2.24) is 5.32 Å². The van der Waals surface area contributed by atoms with Gasteiger partial charge in [0.1, 0.15) is 0 Å². The second kappa shape index (κ2) is 7.71. The Balaban J connectivity index is 1.84. The third-order valence-electron chi connectivity index (χ3n) is 3.39. The molecule has 0 saturated carbocycles. The minimum Gasteiger partial charge on any atom is -0.371 e. The lowest BCUT2D eigenvalue weighted by molar-refractivity contribution is -0.110. The Kier molecular flexibility index (Phi) is 5.67. The van der Waals surface area contributed by atoms with Gasteiger partial charge in [0.25, 0.3) is 5.91 Å². The fourth-order valence-corrected chi connectivity index (χ4v) is 2.25. The predicted molar refractivity (Wildman–Crippen MR) is 95.3 cm³/mol. The molecular formula is C18H20N2OS. The highest BCUT2D eigenvalue weighted by Crippen LogP contribution is 2.16. The number of carbonyl (C=O) groups is 1. The fraction of sp³-hybridized carbons (Fsp3) is 0.222. The molecule has 0 radical (unpaired) electrons. The highest BCUT2D eigenvalue weighted by atomic mass is 32.1. The van der Waals surface area contributed by atoms with Crippen LogP contribution in [0.25, 0.3) is 0 Å². The smallest absolute Gasteiger partial charge is 0.283 e. The van der Waals surface area contributed by atoms with Gasteiger partial charge in [-0.15, -0.1) is 0 Å². The van der Waals surface area contributed by atoms with E-state index in [0.29, 0.717) is 6.54 Å². The van der Waals surface area contributed by atoms with Gasteiger partial charge in [-0.25, -0.2) is 0 Å². The van der Waals surface area contributed by atoms with Gasteiger partial charge in [-0.3, -0.25) is 4.79 Å². The highest BCUT2D eigenvalue weighted by molar-refractivity contribution is 7.82. The van der Waals surface area contributed by atoms with Crippen LogP contribution in [0.1, 0.15) is 16.7 Å². The van der Waals surface area contributed by atoms with Crippen LogP contribution in [0.15, 0.2) is 48.5 Å². The maximum atomic E-state index is 12.1. The molecule has 3 nitrogen and oxygen atoms in total. The van der Waals surface area contributed by atoms with Crippen LogP contribution >= 0.6 is 12.2 Å². The average molecular weight is 312 g/mol. The lowest BCUT2D eigenvalue weighted by atomic mass is 10.1. The molecule has 1 amide bonds. The minimum absolute atomic E-state index is 0.219. The molecule has 0 aliphatic rings. The Morgan fingerprint density at radius 3 is 2.55 bits per heavy atom. The maximum absolute atomic E-state index is 12.1. The molecule has 2 N–H and O–H groups in total. The number of nitrogens with one attached hydrogen (secondary N) is 2. The van der Waals surface area contributed by atoms with E-state index in [2.05, 4.69) is 22.8 Å². The van der Waals surface area contributed by atoms with Crippen LogP contribution in [0, 0.1) is 13.8 Å². The van der Waals surface area contributed by atoms with Crippen molar-refractivity contribution in [3.8, 4) is 0 Å². The molecule has 0 spiro atoms. The van der Waals surface area contributed by atoms with Gasteiger partial charge in [-0.1, -0.05) is 54.7 Å². The van der Waals surface area contributed by atoms with E-state index in [1.165, 1.54) is 5.56 Å². The molecule has 0 aromatic heterocycles. The minimum atomic E-state index is -0.267. The third-order valence-corrected chi connectivity index (χ3v) is 3.72. The van der Waals surface area contributed by atoms with Crippen molar-refractivity contribution in [1.29, 1.82) is 0 Å². The molecule has 0 aliphatic heterocycles. The summed E-state index contributed by atoms with van der Waals surface area (Å²) < 4.78 is 0. The SMILES string of the molecule is Cc1ccc(C)c(NC(=O)C(=S)NCCc2ccccc2)c1. The highest BCUT2D eigenvalue weighted by Gasteiger charge is 2.10. The molecule has 2 rings (SSSR count). The molecule has 0 unspecified atom stereocenters. The average Bonchev–Trinajstić information content (AvgIpc) is 2.52. The van der Waals surface area contributed by atoms with E-state index in [-0.39, 0.29) is 10.9 Å².